The van der Waals surface area contributed by atoms with Crippen LogP contribution in [0.3, 0.4) is 0 Å². The normalized spacial score (nSPS) is 8.44. The third-order valence-corrected chi connectivity index (χ3v) is 1.32. The lowest BCUT2D eigenvalue weighted by molar-refractivity contribution is -0.133. The summed E-state index contributed by atoms with van der Waals surface area (Å²) in [5.74, 6) is -0.482. The molecule has 0 atom stereocenters. The van der Waals surface area contributed by atoms with Crippen LogP contribution < -0.4 is 5.32 Å². The maximum atomic E-state index is 9.83. The monoisotopic (exact) mass is 149 g/mol. The van der Waals surface area contributed by atoms with Crippen LogP contribution in [-0.2, 0) is 9.59 Å². The molecule has 5 heteroatoms. The summed E-state index contributed by atoms with van der Waals surface area (Å²) in [7, 11) is 0. The van der Waals surface area contributed by atoms with Crippen LogP contribution in [0, 0.1) is 0 Å². The van der Waals surface area contributed by atoms with Crippen LogP contribution in [0.2, 0.25) is 0 Å². The van der Waals surface area contributed by atoms with Gasteiger partial charge < -0.3 is 10.4 Å². The maximum absolute atomic E-state index is 9.83. The second-order valence-electron chi connectivity index (χ2n) is 1.21. The summed E-state index contributed by atoms with van der Waals surface area (Å²) in [6.45, 7) is 0. The zero-order chi connectivity index (χ0) is 7.11. The van der Waals surface area contributed by atoms with Crippen LogP contribution in [0.4, 0.5) is 0 Å². The molecule has 0 spiro atoms. The van der Waals surface area contributed by atoms with Crippen molar-refractivity contribution < 1.29 is 14.7 Å². The fourth-order valence-corrected chi connectivity index (χ4v) is 0.694. The number of thioether (sulfide) groups is 1. The van der Waals surface area contributed by atoms with E-state index in [1.54, 1.807) is 0 Å². The van der Waals surface area contributed by atoms with Gasteiger partial charge in [0.25, 0.3) is 0 Å². The number of carboxylic acid groups (broad SMARTS) is 1. The number of hydrogen-bond acceptors (Lipinski definition) is 3. The Morgan fingerprint density at radius 3 is 2.89 bits per heavy atom. The molecule has 0 heterocycles. The largest absolute Gasteiger partial charge is 0.481 e. The highest BCUT2D eigenvalue weighted by Gasteiger charge is 1.93. The second-order valence-corrected chi connectivity index (χ2v) is 2.19. The Labute approximate surface area is 56.6 Å². The molecule has 0 bridgehead atoms. The molecule has 0 saturated carbocycles. The van der Waals surface area contributed by atoms with E-state index in [1.165, 1.54) is 0 Å². The first kappa shape index (κ1) is 8.29. The first-order valence-corrected chi connectivity index (χ1v) is 3.39. The standard InChI is InChI=1S/C4H7NO3S/c6-2-5-3-9-1-4(7)8/h2H,1,3H2,(H,5,6)(H,7,8). The summed E-state index contributed by atoms with van der Waals surface area (Å²) < 4.78 is 0. The number of carboxylic acids is 1. The van der Waals surface area contributed by atoms with E-state index in [4.69, 9.17) is 5.11 Å². The topological polar surface area (TPSA) is 66.4 Å². The molecule has 0 aliphatic carbocycles. The van der Waals surface area contributed by atoms with Crippen molar-refractivity contribution >= 4 is 24.1 Å². The number of amides is 1. The highest BCUT2D eigenvalue weighted by atomic mass is 32.2. The molecule has 0 aromatic heterocycles. The van der Waals surface area contributed by atoms with Crippen LogP contribution in [0.25, 0.3) is 0 Å². The van der Waals surface area contributed by atoms with E-state index in [0.717, 1.165) is 11.8 Å². The van der Waals surface area contributed by atoms with E-state index in [0.29, 0.717) is 12.3 Å². The molecule has 0 aliphatic rings. The molecule has 0 rings (SSSR count). The lowest BCUT2D eigenvalue weighted by Crippen LogP contribution is -2.11. The number of nitrogens with one attached hydrogen (secondary N) is 1. The van der Waals surface area contributed by atoms with E-state index < -0.39 is 5.97 Å². The summed E-state index contributed by atoms with van der Waals surface area (Å²) in [5.41, 5.74) is 0. The summed E-state index contributed by atoms with van der Waals surface area (Å²) in [6, 6.07) is 0. The lowest BCUT2D eigenvalue weighted by atomic mass is 10.8. The van der Waals surface area contributed by atoms with Gasteiger partial charge >= 0.3 is 5.97 Å². The van der Waals surface area contributed by atoms with Crippen LogP contribution in [0.1, 0.15) is 0 Å². The third kappa shape index (κ3) is 7.29. The molecule has 0 aromatic rings. The summed E-state index contributed by atoms with van der Waals surface area (Å²) in [5, 5.41) is 10.4. The number of aliphatic carboxylic acids is 1. The quantitative estimate of drug-likeness (QED) is 0.314. The molecule has 0 aliphatic heterocycles. The molecular weight excluding hydrogens is 142 g/mol. The van der Waals surface area contributed by atoms with Gasteiger partial charge in [0, 0.05) is 0 Å². The average molecular weight is 149 g/mol. The minimum absolute atomic E-state index is 0.0286. The van der Waals surface area contributed by atoms with Gasteiger partial charge in [0.15, 0.2) is 0 Å². The molecule has 0 fully saturated rings. The Hall–Kier alpha value is -0.710. The van der Waals surface area contributed by atoms with Gasteiger partial charge in [-0.2, -0.15) is 0 Å². The van der Waals surface area contributed by atoms with Crippen molar-refractivity contribution in [1.29, 1.82) is 0 Å². The highest BCUT2D eigenvalue weighted by molar-refractivity contribution is 7.99. The zero-order valence-corrected chi connectivity index (χ0v) is 5.48. The van der Waals surface area contributed by atoms with E-state index in [9.17, 15) is 9.59 Å². The molecule has 9 heavy (non-hydrogen) atoms. The Bertz CT molecular complexity index is 106. The van der Waals surface area contributed by atoms with Gasteiger partial charge in [-0.3, -0.25) is 9.59 Å². The van der Waals surface area contributed by atoms with E-state index in [-0.39, 0.29) is 5.75 Å². The van der Waals surface area contributed by atoms with Gasteiger partial charge in [-0.15, -0.1) is 11.8 Å². The second kappa shape index (κ2) is 5.43. The molecule has 0 unspecified atom stereocenters. The van der Waals surface area contributed by atoms with Crippen molar-refractivity contribution in [1.82, 2.24) is 5.32 Å². The van der Waals surface area contributed by atoms with Crippen LogP contribution >= 0.6 is 11.8 Å². The van der Waals surface area contributed by atoms with Crippen LogP contribution in [0.15, 0.2) is 0 Å². The predicted molar refractivity (Wildman–Crippen MR) is 34.2 cm³/mol. The van der Waals surface area contributed by atoms with E-state index in [2.05, 4.69) is 5.32 Å². The lowest BCUT2D eigenvalue weighted by Gasteiger charge is -1.93. The maximum Gasteiger partial charge on any atom is 0.313 e. The van der Waals surface area contributed by atoms with Gasteiger partial charge in [-0.05, 0) is 0 Å². The number of rotatable bonds is 5. The van der Waals surface area contributed by atoms with Crippen LogP contribution in [0.5, 0.6) is 0 Å². The average Bonchev–Trinajstić information content (AvgIpc) is 1.80. The van der Waals surface area contributed by atoms with Gasteiger partial charge in [-0.1, -0.05) is 0 Å². The molecule has 0 saturated heterocycles. The van der Waals surface area contributed by atoms with Crippen molar-refractivity contribution in [3.05, 3.63) is 0 Å². The fraction of sp³-hybridized carbons (Fsp3) is 0.500. The smallest absolute Gasteiger partial charge is 0.313 e. The number of carbonyl (C=O) groups excluding carboxylic acids is 1. The first-order chi connectivity index (χ1) is 4.27. The van der Waals surface area contributed by atoms with Crippen molar-refractivity contribution in [2.45, 2.75) is 0 Å². The predicted octanol–water partition coefficient (Wildman–Crippen LogP) is -0.492. The van der Waals surface area contributed by atoms with Gasteiger partial charge in [0.2, 0.25) is 6.41 Å². The zero-order valence-electron chi connectivity index (χ0n) is 4.66. The molecule has 0 aromatic carbocycles. The summed E-state index contributed by atoms with van der Waals surface area (Å²) in [4.78, 5) is 19.4. The van der Waals surface area contributed by atoms with E-state index >= 15 is 0 Å². The molecular formula is C4H7NO3S. The fourth-order valence-electron chi connectivity index (χ4n) is 0.231. The first-order valence-electron chi connectivity index (χ1n) is 2.24. The van der Waals surface area contributed by atoms with Crippen LogP contribution in [-0.4, -0.2) is 29.1 Å². The van der Waals surface area contributed by atoms with Gasteiger partial charge in [0.05, 0.1) is 11.6 Å². The van der Waals surface area contributed by atoms with Crippen molar-refractivity contribution in [3.8, 4) is 0 Å². The Morgan fingerprint density at radius 1 is 1.78 bits per heavy atom. The van der Waals surface area contributed by atoms with Crippen molar-refractivity contribution in [2.24, 2.45) is 0 Å². The Kier molecular flexibility index (Phi) is 5.00. The summed E-state index contributed by atoms with van der Waals surface area (Å²) in [6.07, 6.45) is 0.537. The molecule has 1 amide bonds. The van der Waals surface area contributed by atoms with Crippen molar-refractivity contribution in [2.75, 3.05) is 11.6 Å². The third-order valence-electron chi connectivity index (χ3n) is 0.494. The molecule has 2 N–H and O–H groups in total. The van der Waals surface area contributed by atoms with Crippen molar-refractivity contribution in [3.63, 3.8) is 0 Å². The molecule has 4 nitrogen and oxygen atoms in total. The minimum Gasteiger partial charge on any atom is -0.481 e. The van der Waals surface area contributed by atoms with Gasteiger partial charge in [-0.25, -0.2) is 0 Å². The minimum atomic E-state index is -0.868. The van der Waals surface area contributed by atoms with E-state index in [1.807, 2.05) is 0 Å². The molecule has 52 valence electrons. The van der Waals surface area contributed by atoms with Gasteiger partial charge in [0.1, 0.15) is 0 Å². The molecule has 0 radical (unpaired) electrons. The SMILES string of the molecule is O=CNCSCC(=O)O. The number of carbonyl (C=O) groups is 2. The Balaban J connectivity index is 2.91. The Morgan fingerprint density at radius 2 is 2.44 bits per heavy atom. The number of hydrogen-bond donors (Lipinski definition) is 2. The highest BCUT2D eigenvalue weighted by Crippen LogP contribution is 1.93. The summed E-state index contributed by atoms with van der Waals surface area (Å²) >= 11 is 1.14.